The van der Waals surface area contributed by atoms with E-state index in [1.807, 2.05) is 19.1 Å². The minimum Gasteiger partial charge on any atom is -0.463 e. The molecule has 0 unspecified atom stereocenters. The Labute approximate surface area is 185 Å². The highest BCUT2D eigenvalue weighted by molar-refractivity contribution is 7.81. The maximum absolute atomic E-state index is 11.9. The summed E-state index contributed by atoms with van der Waals surface area (Å²) in [5.74, 6) is -2.66. The Morgan fingerprint density at radius 2 is 1.39 bits per heavy atom. The van der Waals surface area contributed by atoms with E-state index < -0.39 is 53.2 Å². The van der Waals surface area contributed by atoms with Crippen LogP contribution in [0.4, 0.5) is 0 Å². The molecule has 1 aliphatic heterocycles. The van der Waals surface area contributed by atoms with Gasteiger partial charge in [-0.05, 0) is 12.5 Å². The molecule has 1 saturated heterocycles. The third-order valence-corrected chi connectivity index (χ3v) is 5.14. The highest BCUT2D eigenvalue weighted by atomic mass is 32.1. The van der Waals surface area contributed by atoms with Crippen LogP contribution >= 0.6 is 12.6 Å². The predicted octanol–water partition coefficient (Wildman–Crippen LogP) is 1.83. The van der Waals surface area contributed by atoms with Crippen molar-refractivity contribution >= 4 is 36.5 Å². The first kappa shape index (κ1) is 24.7. The molecule has 9 nitrogen and oxygen atoms in total. The quantitative estimate of drug-likeness (QED) is 0.391. The fourth-order valence-electron chi connectivity index (χ4n) is 3.31. The van der Waals surface area contributed by atoms with Crippen LogP contribution in [0.5, 0.6) is 0 Å². The fourth-order valence-corrected chi connectivity index (χ4v) is 3.79. The van der Waals surface area contributed by atoms with Crippen LogP contribution < -0.4 is 0 Å². The third kappa shape index (κ3) is 6.20. The lowest BCUT2D eigenvalue weighted by Gasteiger charge is -2.49. The number of benzene rings is 1. The Morgan fingerprint density at radius 3 is 1.87 bits per heavy atom. The topological polar surface area (TPSA) is 114 Å². The first-order chi connectivity index (χ1) is 14.4. The average Bonchev–Trinajstić information content (AvgIpc) is 2.65. The second-order valence-electron chi connectivity index (χ2n) is 7.20. The summed E-state index contributed by atoms with van der Waals surface area (Å²) < 4.78 is 27.5. The molecular weight excluding hydrogens is 428 g/mol. The highest BCUT2D eigenvalue weighted by Crippen LogP contribution is 2.45. The molecule has 0 aromatic heterocycles. The minimum atomic E-state index is -1.61. The lowest BCUT2D eigenvalue weighted by molar-refractivity contribution is -0.264. The number of ether oxygens (including phenoxy) is 5. The van der Waals surface area contributed by atoms with Gasteiger partial charge in [-0.2, -0.15) is 0 Å². The molecule has 1 heterocycles. The lowest BCUT2D eigenvalue weighted by atomic mass is 9.89. The van der Waals surface area contributed by atoms with Crippen molar-refractivity contribution in [3.63, 3.8) is 0 Å². The lowest BCUT2D eigenvalue weighted by Crippen LogP contribution is -2.64. The molecule has 0 aliphatic carbocycles. The molecule has 1 fully saturated rings. The molecule has 170 valence electrons. The summed E-state index contributed by atoms with van der Waals surface area (Å²) in [6, 6.07) is 7.06. The van der Waals surface area contributed by atoms with E-state index in [2.05, 4.69) is 12.6 Å². The van der Waals surface area contributed by atoms with E-state index >= 15 is 0 Å². The molecule has 1 aliphatic rings. The summed E-state index contributed by atoms with van der Waals surface area (Å²) in [7, 11) is 0. The first-order valence-corrected chi connectivity index (χ1v) is 10.0. The predicted molar refractivity (Wildman–Crippen MR) is 110 cm³/mol. The maximum atomic E-state index is 11.9. The molecule has 1 aromatic rings. The summed E-state index contributed by atoms with van der Waals surface area (Å²) in [4.78, 5) is 45.4. The van der Waals surface area contributed by atoms with Crippen molar-refractivity contribution in [1.29, 1.82) is 0 Å². The van der Waals surface area contributed by atoms with Crippen molar-refractivity contribution < 1.29 is 42.9 Å². The Morgan fingerprint density at radius 1 is 0.871 bits per heavy atom. The average molecular weight is 454 g/mol. The van der Waals surface area contributed by atoms with E-state index in [1.165, 1.54) is 13.8 Å². The van der Waals surface area contributed by atoms with Crippen molar-refractivity contribution in [3.05, 3.63) is 35.4 Å². The van der Waals surface area contributed by atoms with Crippen LogP contribution in [0.25, 0.3) is 0 Å². The number of rotatable bonds is 6. The summed E-state index contributed by atoms with van der Waals surface area (Å²) in [5, 5.41) is 0. The number of aryl methyl sites for hydroxylation is 1. The second-order valence-corrected chi connectivity index (χ2v) is 7.86. The normalized spacial score (nSPS) is 27.7. The zero-order valence-electron chi connectivity index (χ0n) is 17.9. The number of hydrogen-bond acceptors (Lipinski definition) is 10. The van der Waals surface area contributed by atoms with E-state index in [0.717, 1.165) is 19.4 Å². The number of esters is 4. The van der Waals surface area contributed by atoms with Crippen LogP contribution in [0.3, 0.4) is 0 Å². The Balaban J connectivity index is 2.62. The standard InChI is InChI=1S/C21H26O9S/c1-11-6-8-16(9-7-11)21(31)20(29-15(5)25)19(28-14(4)24)18(27-13(3)23)17(30-21)10-26-12(2)22/h6-9,17-20,31H,10H2,1-5H3/t17-,18+,19+,20-,21+/m1/s1. The minimum absolute atomic E-state index is 0.313. The van der Waals surface area contributed by atoms with Crippen molar-refractivity contribution in [2.75, 3.05) is 6.61 Å². The van der Waals surface area contributed by atoms with Crippen molar-refractivity contribution in [3.8, 4) is 0 Å². The zero-order chi connectivity index (χ0) is 23.3. The van der Waals surface area contributed by atoms with Gasteiger partial charge >= 0.3 is 23.9 Å². The van der Waals surface area contributed by atoms with Gasteiger partial charge < -0.3 is 23.7 Å². The van der Waals surface area contributed by atoms with Crippen molar-refractivity contribution in [1.82, 2.24) is 0 Å². The van der Waals surface area contributed by atoms with Gasteiger partial charge in [0.25, 0.3) is 0 Å². The Hall–Kier alpha value is -2.59. The number of hydrogen-bond donors (Lipinski definition) is 1. The summed E-state index contributed by atoms with van der Waals surface area (Å²) in [5.41, 5.74) is 1.46. The second kappa shape index (κ2) is 10.1. The molecule has 31 heavy (non-hydrogen) atoms. The summed E-state index contributed by atoms with van der Waals surface area (Å²) in [6.07, 6.45) is -4.85. The van der Waals surface area contributed by atoms with Gasteiger partial charge in [0.2, 0.25) is 0 Å². The van der Waals surface area contributed by atoms with E-state index in [9.17, 15) is 19.2 Å². The van der Waals surface area contributed by atoms with Gasteiger partial charge in [0.05, 0.1) is 0 Å². The van der Waals surface area contributed by atoms with Crippen LogP contribution in [0.1, 0.15) is 38.8 Å². The molecule has 2 rings (SSSR count). The van der Waals surface area contributed by atoms with Crippen LogP contribution in [-0.4, -0.2) is 54.9 Å². The molecule has 0 radical (unpaired) electrons. The number of carbonyl (C=O) groups excluding carboxylic acids is 4. The molecule has 0 N–H and O–H groups in total. The van der Waals surface area contributed by atoms with E-state index in [0.29, 0.717) is 5.56 Å². The Kier molecular flexibility index (Phi) is 8.08. The van der Waals surface area contributed by atoms with Crippen LogP contribution in [0, 0.1) is 6.92 Å². The van der Waals surface area contributed by atoms with Gasteiger partial charge in [0, 0.05) is 27.7 Å². The SMILES string of the molecule is CC(=O)OC[C@H]1O[C@](S)(c2ccc(C)cc2)[C@H](OC(C)=O)[C@@H](OC(C)=O)[C@H]1OC(C)=O. The highest BCUT2D eigenvalue weighted by Gasteiger charge is 2.59. The number of thiol groups is 1. The monoisotopic (exact) mass is 454 g/mol. The van der Waals surface area contributed by atoms with Crippen LogP contribution in [-0.2, 0) is 47.8 Å². The van der Waals surface area contributed by atoms with Gasteiger partial charge in [-0.25, -0.2) is 0 Å². The van der Waals surface area contributed by atoms with Gasteiger partial charge in [-0.15, -0.1) is 12.6 Å². The fraction of sp³-hybridized carbons (Fsp3) is 0.524. The van der Waals surface area contributed by atoms with Gasteiger partial charge in [0.15, 0.2) is 23.2 Å². The smallest absolute Gasteiger partial charge is 0.303 e. The number of carbonyl (C=O) groups is 4. The van der Waals surface area contributed by atoms with E-state index in [1.54, 1.807) is 12.1 Å². The third-order valence-electron chi connectivity index (χ3n) is 4.52. The molecule has 0 bridgehead atoms. The first-order valence-electron chi connectivity index (χ1n) is 9.56. The van der Waals surface area contributed by atoms with E-state index in [4.69, 9.17) is 23.7 Å². The molecule has 0 spiro atoms. The molecule has 5 atom stereocenters. The van der Waals surface area contributed by atoms with Crippen molar-refractivity contribution in [2.24, 2.45) is 0 Å². The van der Waals surface area contributed by atoms with Crippen LogP contribution in [0.2, 0.25) is 0 Å². The molecule has 0 amide bonds. The Bertz CT molecular complexity index is 838. The largest absolute Gasteiger partial charge is 0.463 e. The van der Waals surface area contributed by atoms with Gasteiger partial charge in [0.1, 0.15) is 12.7 Å². The molecule has 10 heteroatoms. The zero-order valence-corrected chi connectivity index (χ0v) is 18.8. The van der Waals surface area contributed by atoms with E-state index in [-0.39, 0.29) is 6.61 Å². The summed E-state index contributed by atoms with van der Waals surface area (Å²) >= 11 is 4.69. The molecule has 1 aromatic carbocycles. The summed E-state index contributed by atoms with van der Waals surface area (Å²) in [6.45, 7) is 6.30. The van der Waals surface area contributed by atoms with Crippen LogP contribution in [0.15, 0.2) is 24.3 Å². The van der Waals surface area contributed by atoms with Crippen molar-refractivity contribution in [2.45, 2.75) is 64.0 Å². The van der Waals surface area contributed by atoms with Gasteiger partial charge in [-0.3, -0.25) is 19.2 Å². The van der Waals surface area contributed by atoms with Gasteiger partial charge in [-0.1, -0.05) is 29.8 Å². The molecular formula is C21H26O9S. The maximum Gasteiger partial charge on any atom is 0.303 e. The molecule has 0 saturated carbocycles.